The summed E-state index contributed by atoms with van der Waals surface area (Å²) in [6.07, 6.45) is 2.87. The van der Waals surface area contributed by atoms with Gasteiger partial charge in [0.2, 0.25) is 0 Å². The molecule has 0 aliphatic rings. The van der Waals surface area contributed by atoms with Crippen LogP contribution in [0, 0.1) is 0 Å². The van der Waals surface area contributed by atoms with E-state index in [9.17, 15) is 9.90 Å². The fourth-order valence-electron chi connectivity index (χ4n) is 2.89. The van der Waals surface area contributed by atoms with Crippen molar-refractivity contribution in [1.82, 2.24) is 19.4 Å². The molecule has 0 radical (unpaired) electrons. The molecule has 0 atom stereocenters. The standard InChI is InChI=1S/C19H33N5O2/c1-18(2,3)23(6)10-8-7-9-13-11-14-15(16(20)21-13)22-17(25)24(14)12-19(4,5)26/h11,26H,7-10,12H2,1-6H3,(H2,20,21)(H,22,25). The number of anilines is 1. The van der Waals surface area contributed by atoms with Gasteiger partial charge in [-0.2, -0.15) is 0 Å². The van der Waals surface area contributed by atoms with E-state index in [0.29, 0.717) is 16.9 Å². The minimum atomic E-state index is -0.991. The third-order valence-corrected chi connectivity index (χ3v) is 4.71. The highest BCUT2D eigenvalue weighted by atomic mass is 16.3. The van der Waals surface area contributed by atoms with Crippen molar-refractivity contribution in [2.24, 2.45) is 0 Å². The van der Waals surface area contributed by atoms with Crippen molar-refractivity contribution >= 4 is 16.9 Å². The highest BCUT2D eigenvalue weighted by Crippen LogP contribution is 2.20. The molecule has 0 saturated heterocycles. The smallest absolute Gasteiger partial charge is 0.326 e. The van der Waals surface area contributed by atoms with Gasteiger partial charge >= 0.3 is 5.69 Å². The Labute approximate surface area is 155 Å². The zero-order chi connectivity index (χ0) is 19.7. The largest absolute Gasteiger partial charge is 0.389 e. The molecule has 0 fully saturated rings. The molecule has 0 aliphatic heterocycles. The first-order valence-corrected chi connectivity index (χ1v) is 9.20. The average Bonchev–Trinajstić information content (AvgIpc) is 2.78. The Kier molecular flexibility index (Phi) is 5.82. The van der Waals surface area contributed by atoms with Crippen LogP contribution >= 0.6 is 0 Å². The highest BCUT2D eigenvalue weighted by Gasteiger charge is 2.19. The number of fused-ring (bicyclic) bond motifs is 1. The van der Waals surface area contributed by atoms with Crippen LogP contribution in [0.5, 0.6) is 0 Å². The van der Waals surface area contributed by atoms with Crippen molar-refractivity contribution in [1.29, 1.82) is 0 Å². The van der Waals surface area contributed by atoms with Gasteiger partial charge in [-0.1, -0.05) is 0 Å². The molecule has 146 valence electrons. The zero-order valence-corrected chi connectivity index (χ0v) is 16.9. The molecule has 7 nitrogen and oxygen atoms in total. The minimum Gasteiger partial charge on any atom is -0.389 e. The van der Waals surface area contributed by atoms with Crippen LogP contribution in [0.1, 0.15) is 53.2 Å². The summed E-state index contributed by atoms with van der Waals surface area (Å²) in [7, 11) is 2.14. The second-order valence-corrected chi connectivity index (χ2v) is 8.77. The van der Waals surface area contributed by atoms with E-state index in [1.54, 1.807) is 13.8 Å². The molecule has 0 aromatic carbocycles. The van der Waals surface area contributed by atoms with Gasteiger partial charge in [0.25, 0.3) is 0 Å². The van der Waals surface area contributed by atoms with Crippen molar-refractivity contribution < 1.29 is 5.11 Å². The van der Waals surface area contributed by atoms with Gasteiger partial charge in [0.05, 0.1) is 17.7 Å². The first-order valence-electron chi connectivity index (χ1n) is 9.20. The lowest BCUT2D eigenvalue weighted by molar-refractivity contribution is 0.0617. The summed E-state index contributed by atoms with van der Waals surface area (Å²) in [4.78, 5) is 21.7. The molecular weight excluding hydrogens is 330 g/mol. The normalized spacial score (nSPS) is 13.1. The van der Waals surface area contributed by atoms with Gasteiger partial charge in [0.15, 0.2) is 0 Å². The molecule has 2 aromatic heterocycles. The number of nitrogen functional groups attached to an aromatic ring is 1. The number of pyridine rings is 1. The van der Waals surface area contributed by atoms with Crippen molar-refractivity contribution in [3.8, 4) is 0 Å². The number of hydrogen-bond donors (Lipinski definition) is 3. The number of rotatable bonds is 7. The third-order valence-electron chi connectivity index (χ3n) is 4.71. The molecule has 0 unspecified atom stereocenters. The molecule has 0 amide bonds. The zero-order valence-electron chi connectivity index (χ0n) is 16.9. The van der Waals surface area contributed by atoms with E-state index >= 15 is 0 Å². The molecular formula is C19H33N5O2. The predicted octanol–water partition coefficient (Wildman–Crippen LogP) is 2.13. The van der Waals surface area contributed by atoms with E-state index in [-0.39, 0.29) is 17.8 Å². The maximum atomic E-state index is 12.2. The highest BCUT2D eigenvalue weighted by molar-refractivity contribution is 5.85. The lowest BCUT2D eigenvalue weighted by atomic mass is 10.1. The monoisotopic (exact) mass is 363 g/mol. The van der Waals surface area contributed by atoms with Gasteiger partial charge in [0.1, 0.15) is 11.3 Å². The van der Waals surface area contributed by atoms with Crippen molar-refractivity contribution in [3.63, 3.8) is 0 Å². The van der Waals surface area contributed by atoms with Crippen molar-refractivity contribution in [3.05, 3.63) is 22.2 Å². The molecule has 4 N–H and O–H groups in total. The number of aliphatic hydroxyl groups is 1. The maximum Gasteiger partial charge on any atom is 0.326 e. The van der Waals surface area contributed by atoms with Crippen LogP contribution in [-0.2, 0) is 13.0 Å². The van der Waals surface area contributed by atoms with Crippen LogP contribution in [0.25, 0.3) is 11.0 Å². The van der Waals surface area contributed by atoms with E-state index < -0.39 is 5.60 Å². The van der Waals surface area contributed by atoms with Crippen LogP contribution in [0.2, 0.25) is 0 Å². The van der Waals surface area contributed by atoms with Gasteiger partial charge in [-0.25, -0.2) is 9.78 Å². The number of nitrogens with zero attached hydrogens (tertiary/aromatic N) is 3. The number of unbranched alkanes of at least 4 members (excludes halogenated alkanes) is 1. The van der Waals surface area contributed by atoms with Crippen molar-refractivity contribution in [2.75, 3.05) is 19.3 Å². The van der Waals surface area contributed by atoms with Crippen LogP contribution in [0.15, 0.2) is 10.9 Å². The molecule has 2 heterocycles. The number of hydrogen-bond acceptors (Lipinski definition) is 5. The van der Waals surface area contributed by atoms with Gasteiger partial charge in [-0.15, -0.1) is 0 Å². The summed E-state index contributed by atoms with van der Waals surface area (Å²) in [5, 5.41) is 10.1. The van der Waals surface area contributed by atoms with E-state index in [1.807, 2.05) is 6.07 Å². The molecule has 7 heteroatoms. The van der Waals surface area contributed by atoms with Crippen LogP contribution < -0.4 is 11.4 Å². The number of aryl methyl sites for hydroxylation is 1. The summed E-state index contributed by atoms with van der Waals surface area (Å²) in [6, 6.07) is 1.91. The van der Waals surface area contributed by atoms with Crippen LogP contribution in [0.4, 0.5) is 5.82 Å². The Morgan fingerprint density at radius 1 is 1.27 bits per heavy atom. The van der Waals surface area contributed by atoms with Crippen molar-refractivity contribution in [2.45, 2.75) is 71.6 Å². The quantitative estimate of drug-likeness (QED) is 0.654. The fraction of sp³-hybridized carbons (Fsp3) is 0.684. The summed E-state index contributed by atoms with van der Waals surface area (Å²) in [5.74, 6) is 0.330. The summed E-state index contributed by atoms with van der Waals surface area (Å²) in [5.41, 5.74) is 7.05. The number of aromatic nitrogens is 3. The average molecular weight is 364 g/mol. The van der Waals surface area contributed by atoms with Gasteiger partial charge < -0.3 is 20.7 Å². The molecule has 0 bridgehead atoms. The van der Waals surface area contributed by atoms with E-state index in [1.165, 1.54) is 4.57 Å². The van der Waals surface area contributed by atoms with Gasteiger partial charge in [-0.05, 0) is 73.5 Å². The number of H-pyrrole nitrogens is 1. The van der Waals surface area contributed by atoms with E-state index in [0.717, 1.165) is 31.5 Å². The molecule has 0 aliphatic carbocycles. The lowest BCUT2D eigenvalue weighted by Gasteiger charge is -2.31. The summed E-state index contributed by atoms with van der Waals surface area (Å²) < 4.78 is 1.53. The van der Waals surface area contributed by atoms with Gasteiger partial charge in [0, 0.05) is 11.2 Å². The van der Waals surface area contributed by atoms with Crippen LogP contribution in [-0.4, -0.2) is 49.3 Å². The Hall–Kier alpha value is -1.86. The molecule has 0 spiro atoms. The van der Waals surface area contributed by atoms with Crippen LogP contribution in [0.3, 0.4) is 0 Å². The summed E-state index contributed by atoms with van der Waals surface area (Å²) >= 11 is 0. The first kappa shape index (κ1) is 20.5. The molecule has 2 aromatic rings. The summed E-state index contributed by atoms with van der Waals surface area (Å²) in [6.45, 7) is 11.2. The van der Waals surface area contributed by atoms with E-state index in [2.05, 4.69) is 42.7 Å². The number of nitrogens with one attached hydrogen (secondary N) is 1. The number of imidazole rings is 1. The Balaban J connectivity index is 2.14. The maximum absolute atomic E-state index is 12.2. The SMILES string of the molecule is CN(CCCCc1cc2c([nH]c(=O)n2CC(C)(C)O)c(N)n1)C(C)(C)C. The number of aromatic amines is 1. The second kappa shape index (κ2) is 7.40. The first-order chi connectivity index (χ1) is 11.9. The Morgan fingerprint density at radius 2 is 1.92 bits per heavy atom. The van der Waals surface area contributed by atoms with Gasteiger partial charge in [-0.3, -0.25) is 4.57 Å². The predicted molar refractivity (Wildman–Crippen MR) is 106 cm³/mol. The second-order valence-electron chi connectivity index (χ2n) is 8.77. The molecule has 26 heavy (non-hydrogen) atoms. The Bertz CT molecular complexity index is 808. The third kappa shape index (κ3) is 5.08. The van der Waals surface area contributed by atoms with E-state index in [4.69, 9.17) is 5.73 Å². The topological polar surface area (TPSA) is 100 Å². The minimum absolute atomic E-state index is 0.167. The number of nitrogens with two attached hydrogens (primary N) is 1. The Morgan fingerprint density at radius 3 is 2.50 bits per heavy atom. The molecule has 0 saturated carbocycles. The fourth-order valence-corrected chi connectivity index (χ4v) is 2.89. The molecule has 2 rings (SSSR count). The lowest BCUT2D eigenvalue weighted by Crippen LogP contribution is -2.38.